The fourth-order valence-electron chi connectivity index (χ4n) is 4.43. The molecule has 34 heavy (non-hydrogen) atoms. The first-order valence-corrected chi connectivity index (χ1v) is 12.4. The highest BCUT2D eigenvalue weighted by Crippen LogP contribution is 2.24. The summed E-state index contributed by atoms with van der Waals surface area (Å²) in [6.07, 6.45) is 8.84. The number of anilines is 3. The van der Waals surface area contributed by atoms with Crippen molar-refractivity contribution in [3.8, 4) is 5.69 Å². The minimum Gasteiger partial charge on any atom is -0.341 e. The Hall–Kier alpha value is -3.20. The van der Waals surface area contributed by atoms with Crippen molar-refractivity contribution in [2.24, 2.45) is 5.10 Å². The van der Waals surface area contributed by atoms with Gasteiger partial charge in [-0.3, -0.25) is 0 Å². The molecule has 2 saturated heterocycles. The molecular formula is C24H30ClN9. The lowest BCUT2D eigenvalue weighted by molar-refractivity contribution is 0.556. The number of halogens is 1. The van der Waals surface area contributed by atoms with Gasteiger partial charge in [0.25, 0.3) is 0 Å². The van der Waals surface area contributed by atoms with Gasteiger partial charge in [0.15, 0.2) is 0 Å². The maximum absolute atomic E-state index is 6.63. The van der Waals surface area contributed by atoms with E-state index in [0.717, 1.165) is 80.7 Å². The smallest absolute Gasteiger partial charge is 0.250 e. The summed E-state index contributed by atoms with van der Waals surface area (Å²) in [4.78, 5) is 18.7. The molecule has 5 rings (SSSR count). The van der Waals surface area contributed by atoms with Gasteiger partial charge in [0.1, 0.15) is 5.15 Å². The molecule has 4 heterocycles. The number of hydrogen-bond donors (Lipinski definition) is 1. The van der Waals surface area contributed by atoms with Crippen molar-refractivity contribution in [1.82, 2.24) is 24.7 Å². The number of hydrogen-bond acceptors (Lipinski definition) is 8. The highest BCUT2D eigenvalue weighted by Gasteiger charge is 2.20. The van der Waals surface area contributed by atoms with Crippen LogP contribution in [0.1, 0.15) is 49.8 Å². The number of aromatic nitrogens is 5. The minimum atomic E-state index is 0.441. The number of nitrogens with zero attached hydrogens (tertiary/aromatic N) is 8. The minimum absolute atomic E-state index is 0.441. The fourth-order valence-corrected chi connectivity index (χ4v) is 4.75. The van der Waals surface area contributed by atoms with Gasteiger partial charge in [-0.1, -0.05) is 29.8 Å². The van der Waals surface area contributed by atoms with Gasteiger partial charge in [-0.25, -0.2) is 10.1 Å². The molecule has 0 saturated carbocycles. The number of aryl methyl sites for hydroxylation is 1. The van der Waals surface area contributed by atoms with E-state index in [1.54, 1.807) is 10.9 Å². The largest absolute Gasteiger partial charge is 0.341 e. The molecule has 3 aromatic rings. The maximum Gasteiger partial charge on any atom is 0.250 e. The van der Waals surface area contributed by atoms with Gasteiger partial charge in [-0.2, -0.15) is 25.2 Å². The van der Waals surface area contributed by atoms with Gasteiger partial charge in [0.2, 0.25) is 17.8 Å². The molecule has 2 aromatic heterocycles. The summed E-state index contributed by atoms with van der Waals surface area (Å²) in [6.45, 7) is 5.80. The number of nitrogens with one attached hydrogen (secondary N) is 1. The number of hydrazone groups is 1. The van der Waals surface area contributed by atoms with E-state index in [0.29, 0.717) is 11.1 Å². The van der Waals surface area contributed by atoms with Crippen LogP contribution in [0.15, 0.2) is 35.4 Å². The van der Waals surface area contributed by atoms with E-state index in [1.165, 1.54) is 12.8 Å². The van der Waals surface area contributed by atoms with Crippen LogP contribution in [-0.4, -0.2) is 57.1 Å². The lowest BCUT2D eigenvalue weighted by Gasteiger charge is -2.30. The third-order valence-corrected chi connectivity index (χ3v) is 6.66. The Morgan fingerprint density at radius 2 is 1.44 bits per heavy atom. The summed E-state index contributed by atoms with van der Waals surface area (Å²) < 4.78 is 1.71. The third-order valence-electron chi connectivity index (χ3n) is 6.30. The van der Waals surface area contributed by atoms with Crippen molar-refractivity contribution < 1.29 is 0 Å². The lowest BCUT2D eigenvalue weighted by Crippen LogP contribution is -2.34. The summed E-state index contributed by atoms with van der Waals surface area (Å²) >= 11 is 6.63. The van der Waals surface area contributed by atoms with Gasteiger partial charge < -0.3 is 9.80 Å². The molecule has 0 bridgehead atoms. The van der Waals surface area contributed by atoms with Crippen LogP contribution in [0.2, 0.25) is 5.15 Å². The maximum atomic E-state index is 6.63. The molecule has 2 fully saturated rings. The molecule has 1 aromatic carbocycles. The van der Waals surface area contributed by atoms with Crippen molar-refractivity contribution in [2.45, 2.75) is 45.4 Å². The summed E-state index contributed by atoms with van der Waals surface area (Å²) in [5, 5.41) is 9.49. The summed E-state index contributed by atoms with van der Waals surface area (Å²) in [5.74, 6) is 1.88. The molecule has 10 heteroatoms. The standard InChI is InChI=1S/C24H30ClN9/c1-18-20(21(25)34(31-18)19-11-5-2-6-12-19)17-26-30-22-27-23(32-13-7-3-8-14-32)29-24(28-22)33-15-9-4-10-16-33/h2,5-6,11-12,17H,3-4,7-10,13-16H2,1H3,(H,27,28,29,30). The average Bonchev–Trinajstić information content (AvgIpc) is 3.18. The molecular weight excluding hydrogens is 450 g/mol. The Kier molecular flexibility index (Phi) is 6.89. The summed E-state index contributed by atoms with van der Waals surface area (Å²) in [6, 6.07) is 9.81. The normalized spacial score (nSPS) is 16.9. The Balaban J connectivity index is 1.39. The highest BCUT2D eigenvalue weighted by molar-refractivity contribution is 6.32. The molecule has 0 aliphatic carbocycles. The van der Waals surface area contributed by atoms with E-state index in [9.17, 15) is 0 Å². The van der Waals surface area contributed by atoms with Crippen molar-refractivity contribution in [3.05, 3.63) is 46.7 Å². The van der Waals surface area contributed by atoms with E-state index in [1.807, 2.05) is 37.3 Å². The number of benzene rings is 1. The van der Waals surface area contributed by atoms with E-state index in [2.05, 4.69) is 35.4 Å². The van der Waals surface area contributed by atoms with Crippen LogP contribution in [-0.2, 0) is 0 Å². The van der Waals surface area contributed by atoms with Gasteiger partial charge in [-0.15, -0.1) is 0 Å². The Morgan fingerprint density at radius 1 is 0.853 bits per heavy atom. The average molecular weight is 480 g/mol. The Morgan fingerprint density at radius 3 is 2.03 bits per heavy atom. The molecule has 2 aliphatic rings. The van der Waals surface area contributed by atoms with Crippen molar-refractivity contribution in [1.29, 1.82) is 0 Å². The van der Waals surface area contributed by atoms with Crippen LogP contribution in [0.25, 0.3) is 5.69 Å². The third kappa shape index (κ3) is 4.99. The van der Waals surface area contributed by atoms with Gasteiger partial charge in [0.05, 0.1) is 23.2 Å². The highest BCUT2D eigenvalue weighted by atomic mass is 35.5. The summed E-state index contributed by atoms with van der Waals surface area (Å²) in [7, 11) is 0. The molecule has 0 spiro atoms. The first-order valence-electron chi connectivity index (χ1n) is 12.0. The predicted octanol–water partition coefficient (Wildman–Crippen LogP) is 4.45. The van der Waals surface area contributed by atoms with Crippen LogP contribution in [0.3, 0.4) is 0 Å². The van der Waals surface area contributed by atoms with Crippen LogP contribution >= 0.6 is 11.6 Å². The van der Waals surface area contributed by atoms with Crippen molar-refractivity contribution in [2.75, 3.05) is 41.4 Å². The Labute approximate surface area is 204 Å². The van der Waals surface area contributed by atoms with Crippen LogP contribution in [0, 0.1) is 6.92 Å². The quantitative estimate of drug-likeness (QED) is 0.413. The molecule has 0 radical (unpaired) electrons. The number of rotatable bonds is 6. The van der Waals surface area contributed by atoms with E-state index < -0.39 is 0 Å². The molecule has 0 atom stereocenters. The number of piperidine rings is 2. The van der Waals surface area contributed by atoms with Crippen LogP contribution < -0.4 is 15.2 Å². The number of para-hydroxylation sites is 1. The van der Waals surface area contributed by atoms with Gasteiger partial charge in [-0.05, 0) is 57.6 Å². The molecule has 0 unspecified atom stereocenters. The first-order chi connectivity index (χ1) is 16.7. The summed E-state index contributed by atoms with van der Waals surface area (Å²) in [5.41, 5.74) is 5.45. The predicted molar refractivity (Wildman–Crippen MR) is 136 cm³/mol. The Bertz CT molecular complexity index is 1100. The van der Waals surface area contributed by atoms with Crippen molar-refractivity contribution in [3.63, 3.8) is 0 Å². The topological polar surface area (TPSA) is 87.4 Å². The van der Waals surface area contributed by atoms with Gasteiger partial charge in [0, 0.05) is 26.2 Å². The molecule has 0 amide bonds. The van der Waals surface area contributed by atoms with E-state index in [-0.39, 0.29) is 0 Å². The van der Waals surface area contributed by atoms with Crippen LogP contribution in [0.4, 0.5) is 17.8 Å². The second-order valence-electron chi connectivity index (χ2n) is 8.76. The first kappa shape index (κ1) is 22.6. The monoisotopic (exact) mass is 479 g/mol. The molecule has 178 valence electrons. The SMILES string of the molecule is Cc1nn(-c2ccccc2)c(Cl)c1C=NNc1nc(N2CCCCC2)nc(N2CCCCC2)n1. The second kappa shape index (κ2) is 10.4. The van der Waals surface area contributed by atoms with Crippen molar-refractivity contribution >= 4 is 35.7 Å². The fraction of sp³-hybridized carbons (Fsp3) is 0.458. The zero-order valence-electron chi connectivity index (χ0n) is 19.5. The lowest BCUT2D eigenvalue weighted by atomic mass is 10.1. The molecule has 9 nitrogen and oxygen atoms in total. The molecule has 2 aliphatic heterocycles. The zero-order valence-corrected chi connectivity index (χ0v) is 20.2. The van der Waals surface area contributed by atoms with E-state index >= 15 is 0 Å². The van der Waals surface area contributed by atoms with E-state index in [4.69, 9.17) is 16.6 Å². The molecule has 1 N–H and O–H groups in total. The second-order valence-corrected chi connectivity index (χ2v) is 9.12. The zero-order chi connectivity index (χ0) is 23.3. The van der Waals surface area contributed by atoms with Crippen LogP contribution in [0.5, 0.6) is 0 Å². The van der Waals surface area contributed by atoms with Gasteiger partial charge >= 0.3 is 0 Å².